The van der Waals surface area contributed by atoms with Crippen molar-refractivity contribution >= 4 is 50.7 Å². The summed E-state index contributed by atoms with van der Waals surface area (Å²) in [5.74, 6) is -2.26. The number of nitrogens with zero attached hydrogens (tertiary/aromatic N) is 4. The van der Waals surface area contributed by atoms with Gasteiger partial charge >= 0.3 is 0 Å². The molecule has 0 aromatic heterocycles. The highest BCUT2D eigenvalue weighted by molar-refractivity contribution is 9.09. The first-order valence-corrected chi connectivity index (χ1v) is 18.6. The van der Waals surface area contributed by atoms with Crippen molar-refractivity contribution in [3.8, 4) is 5.75 Å². The van der Waals surface area contributed by atoms with Crippen LogP contribution in [-0.2, 0) is 19.1 Å². The van der Waals surface area contributed by atoms with Gasteiger partial charge in [-0.2, -0.15) is 0 Å². The number of aliphatic hydroxyl groups excluding tert-OH is 1. The van der Waals surface area contributed by atoms with Gasteiger partial charge in [-0.1, -0.05) is 41.9 Å². The van der Waals surface area contributed by atoms with Crippen LogP contribution in [0, 0.1) is 17.8 Å². The lowest BCUT2D eigenvalue weighted by atomic mass is 9.70. The van der Waals surface area contributed by atoms with Gasteiger partial charge in [0.1, 0.15) is 17.4 Å². The maximum Gasteiger partial charge on any atom is 0.253 e. The zero-order valence-corrected chi connectivity index (χ0v) is 31.4. The molecule has 2 aromatic carbocycles. The Hall–Kier alpha value is -3.67. The number of anilines is 3. The molecule has 7 atom stereocenters. The van der Waals surface area contributed by atoms with Crippen molar-refractivity contribution in [2.24, 2.45) is 17.8 Å². The average Bonchev–Trinajstić information content (AvgIpc) is 3.70. The third kappa shape index (κ3) is 6.48. The summed E-state index contributed by atoms with van der Waals surface area (Å²) >= 11 is 3.80. The molecule has 1 N–H and O–H groups in total. The van der Waals surface area contributed by atoms with E-state index >= 15 is 4.79 Å². The summed E-state index contributed by atoms with van der Waals surface area (Å²) in [7, 11) is 0. The molecule has 0 radical (unpaired) electrons. The lowest BCUT2D eigenvalue weighted by Gasteiger charge is -2.40. The van der Waals surface area contributed by atoms with Crippen molar-refractivity contribution in [2.75, 3.05) is 54.1 Å². The topological polar surface area (TPSA) is 103 Å². The van der Waals surface area contributed by atoms with E-state index in [1.54, 1.807) is 22.0 Å². The van der Waals surface area contributed by atoms with Crippen LogP contribution >= 0.6 is 15.9 Å². The largest absolute Gasteiger partial charge is 0.494 e. The van der Waals surface area contributed by atoms with Crippen molar-refractivity contribution in [1.82, 2.24) is 4.90 Å². The molecule has 0 saturated carbocycles. The van der Waals surface area contributed by atoms with E-state index in [2.05, 4.69) is 47.8 Å². The Morgan fingerprint density at radius 3 is 2.02 bits per heavy atom. The normalized spacial score (nSPS) is 25.7. The van der Waals surface area contributed by atoms with E-state index < -0.39 is 35.6 Å². The van der Waals surface area contributed by atoms with E-state index in [0.29, 0.717) is 30.2 Å². The van der Waals surface area contributed by atoms with Crippen LogP contribution in [0.25, 0.3) is 0 Å². The average molecular weight is 752 g/mol. The predicted molar refractivity (Wildman–Crippen MR) is 201 cm³/mol. The standard InChI is InChI=1S/C39H51BrN4O6/c1-8-21-42(28-17-19-29(20-18-28)49-12-5)36(46)32-33-37(47)44(31(24-45)25(6)7)35(39(33)23-30(40)34(32)50-39)38(48)43(22-9-2)27-15-13-26(14-16-27)41(10-3)11-4/h8-9,13-20,25,30-35,45H,1-2,10-12,21-24H2,3-7H3/t30?,31-,32+,33-,34+,35?,39?/m0/s1. The lowest BCUT2D eigenvalue weighted by molar-refractivity contribution is -0.145. The van der Waals surface area contributed by atoms with Gasteiger partial charge in [-0.05, 0) is 81.6 Å². The van der Waals surface area contributed by atoms with Crippen LogP contribution in [0.5, 0.6) is 5.75 Å². The summed E-state index contributed by atoms with van der Waals surface area (Å²) in [5, 5.41) is 10.7. The van der Waals surface area contributed by atoms with Crippen LogP contribution in [0.15, 0.2) is 73.8 Å². The first-order valence-electron chi connectivity index (χ1n) is 17.7. The fourth-order valence-electron chi connectivity index (χ4n) is 8.16. The Bertz CT molecular complexity index is 1550. The number of carbonyl (C=O) groups is 3. The Labute approximate surface area is 304 Å². The number of likely N-dealkylation sites (tertiary alicyclic amines) is 1. The number of alkyl halides is 1. The van der Waals surface area contributed by atoms with Crippen LogP contribution in [-0.4, -0.2) is 95.7 Å². The Balaban J connectivity index is 1.59. The van der Waals surface area contributed by atoms with Crippen LogP contribution in [0.2, 0.25) is 0 Å². The highest BCUT2D eigenvalue weighted by Gasteiger charge is 2.77. The van der Waals surface area contributed by atoms with Crippen molar-refractivity contribution in [3.63, 3.8) is 0 Å². The van der Waals surface area contributed by atoms with Crippen LogP contribution < -0.4 is 19.4 Å². The fourth-order valence-corrected chi connectivity index (χ4v) is 9.10. The zero-order valence-electron chi connectivity index (χ0n) is 29.8. The molecule has 10 nitrogen and oxygen atoms in total. The van der Waals surface area contributed by atoms with Gasteiger partial charge in [0.05, 0.1) is 37.2 Å². The number of aliphatic hydroxyl groups is 1. The molecule has 1 spiro atoms. The summed E-state index contributed by atoms with van der Waals surface area (Å²) in [5.41, 5.74) is 1.04. The van der Waals surface area contributed by atoms with E-state index in [9.17, 15) is 14.7 Å². The van der Waals surface area contributed by atoms with E-state index in [0.717, 1.165) is 18.8 Å². The molecule has 3 aliphatic rings. The van der Waals surface area contributed by atoms with Crippen molar-refractivity contribution in [2.45, 2.75) is 69.7 Å². The summed E-state index contributed by atoms with van der Waals surface area (Å²) in [6.07, 6.45) is 3.03. The third-order valence-electron chi connectivity index (χ3n) is 10.5. The van der Waals surface area contributed by atoms with E-state index in [1.165, 1.54) is 4.90 Å². The van der Waals surface area contributed by atoms with E-state index in [4.69, 9.17) is 9.47 Å². The van der Waals surface area contributed by atoms with Crippen molar-refractivity contribution < 1.29 is 29.0 Å². The number of rotatable bonds is 16. The lowest BCUT2D eigenvalue weighted by Crippen LogP contribution is -2.60. The second-order valence-corrected chi connectivity index (χ2v) is 14.7. The van der Waals surface area contributed by atoms with Gasteiger partial charge in [-0.25, -0.2) is 0 Å². The zero-order chi connectivity index (χ0) is 36.3. The maximum atomic E-state index is 15.1. The summed E-state index contributed by atoms with van der Waals surface area (Å²) in [6, 6.07) is 13.3. The van der Waals surface area contributed by atoms with Gasteiger partial charge in [-0.15, -0.1) is 13.2 Å². The molecule has 3 unspecified atom stereocenters. The Kier molecular flexibility index (Phi) is 11.8. The molecule has 5 rings (SSSR count). The second kappa shape index (κ2) is 15.7. The minimum absolute atomic E-state index is 0.178. The van der Waals surface area contributed by atoms with Gasteiger partial charge in [0.15, 0.2) is 0 Å². The van der Waals surface area contributed by atoms with Crippen LogP contribution in [0.1, 0.15) is 41.0 Å². The SMILES string of the molecule is C=CCN(C(=O)C1N([C@@H](CO)C(C)C)C(=O)[C@@H]2[C@@H](C(=O)N(CC=C)c3ccc(OCC)cc3)[C@@H]3OC12CC3Br)c1ccc(N(CC)CC)cc1. The number of hydrogen-bond acceptors (Lipinski definition) is 7. The highest BCUT2D eigenvalue weighted by Crippen LogP contribution is 2.61. The summed E-state index contributed by atoms with van der Waals surface area (Å²) in [6.45, 7) is 20.0. The molecule has 11 heteroatoms. The molecule has 2 aromatic rings. The smallest absolute Gasteiger partial charge is 0.253 e. The number of halogens is 1. The first kappa shape index (κ1) is 37.6. The van der Waals surface area contributed by atoms with Crippen molar-refractivity contribution in [1.29, 1.82) is 0 Å². The molecule has 50 heavy (non-hydrogen) atoms. The van der Waals surface area contributed by atoms with E-state index in [1.807, 2.05) is 69.3 Å². The maximum absolute atomic E-state index is 15.1. The summed E-state index contributed by atoms with van der Waals surface area (Å²) in [4.78, 5) is 51.4. The number of carbonyl (C=O) groups excluding carboxylic acids is 3. The molecule has 3 amide bonds. The van der Waals surface area contributed by atoms with Crippen molar-refractivity contribution in [3.05, 3.63) is 73.8 Å². The molecule has 3 saturated heterocycles. The van der Waals surface area contributed by atoms with E-state index in [-0.39, 0.29) is 48.2 Å². The molecular formula is C39H51BrN4O6. The Morgan fingerprint density at radius 1 is 0.980 bits per heavy atom. The number of hydrogen-bond donors (Lipinski definition) is 1. The number of ether oxygens (including phenoxy) is 2. The minimum atomic E-state index is -1.30. The van der Waals surface area contributed by atoms with Crippen LogP contribution in [0.3, 0.4) is 0 Å². The quantitative estimate of drug-likeness (QED) is 0.180. The second-order valence-electron chi connectivity index (χ2n) is 13.5. The number of fused-ring (bicyclic) bond motifs is 1. The highest BCUT2D eigenvalue weighted by atomic mass is 79.9. The molecule has 270 valence electrons. The summed E-state index contributed by atoms with van der Waals surface area (Å²) < 4.78 is 12.4. The van der Waals surface area contributed by atoms with Gasteiger partial charge in [0.25, 0.3) is 5.91 Å². The Morgan fingerprint density at radius 2 is 1.52 bits per heavy atom. The molecule has 3 heterocycles. The molecular weight excluding hydrogens is 700 g/mol. The minimum Gasteiger partial charge on any atom is -0.494 e. The monoisotopic (exact) mass is 750 g/mol. The first-order chi connectivity index (χ1) is 24.0. The fraction of sp³-hybridized carbons (Fsp3) is 0.513. The van der Waals surface area contributed by atoms with Gasteiger partial charge in [0, 0.05) is 48.1 Å². The molecule has 3 aliphatic heterocycles. The third-order valence-corrected chi connectivity index (χ3v) is 11.3. The molecule has 0 aliphatic carbocycles. The van der Waals surface area contributed by atoms with Crippen LogP contribution in [0.4, 0.5) is 17.1 Å². The van der Waals surface area contributed by atoms with Gasteiger partial charge < -0.3 is 34.2 Å². The van der Waals surface area contributed by atoms with Gasteiger partial charge in [0.2, 0.25) is 11.8 Å². The van der Waals surface area contributed by atoms with Gasteiger partial charge in [-0.3, -0.25) is 14.4 Å². The number of amides is 3. The molecule has 2 bridgehead atoms. The predicted octanol–water partition coefficient (Wildman–Crippen LogP) is 5.43. The number of benzene rings is 2. The molecule has 3 fully saturated rings.